The van der Waals surface area contributed by atoms with E-state index in [-0.39, 0.29) is 39.3 Å². The Labute approximate surface area is 142 Å². The van der Waals surface area contributed by atoms with Crippen LogP contribution in [-0.4, -0.2) is 16.8 Å². The van der Waals surface area contributed by atoms with E-state index in [9.17, 15) is 31.4 Å². The minimum absolute atomic E-state index is 0.0260. The highest BCUT2D eigenvalue weighted by atomic mass is 32.2. The van der Waals surface area contributed by atoms with Crippen LogP contribution in [-0.2, 0) is 6.42 Å². The van der Waals surface area contributed by atoms with E-state index in [1.165, 1.54) is 0 Å². The van der Waals surface area contributed by atoms with Crippen LogP contribution in [0.5, 0.6) is 11.5 Å². The Bertz CT molecular complexity index is 791. The van der Waals surface area contributed by atoms with Gasteiger partial charge >= 0.3 is 0 Å². The Hall–Kier alpha value is -1.87. The molecule has 1 atom stereocenters. The molecule has 0 saturated carbocycles. The van der Waals surface area contributed by atoms with E-state index >= 15 is 0 Å². The predicted molar refractivity (Wildman–Crippen MR) is 78.3 cm³/mol. The zero-order chi connectivity index (χ0) is 18.4. The summed E-state index contributed by atoms with van der Waals surface area (Å²) in [7, 11) is 0. The van der Waals surface area contributed by atoms with E-state index in [4.69, 9.17) is 4.74 Å². The maximum absolute atomic E-state index is 13.9. The van der Waals surface area contributed by atoms with Crippen LogP contribution in [0, 0.1) is 11.6 Å². The van der Waals surface area contributed by atoms with E-state index in [0.717, 1.165) is 24.3 Å². The molecule has 0 bridgehead atoms. The van der Waals surface area contributed by atoms with Gasteiger partial charge in [-0.05, 0) is 12.1 Å². The van der Waals surface area contributed by atoms with Gasteiger partial charge in [-0.2, -0.15) is 8.78 Å². The van der Waals surface area contributed by atoms with Crippen molar-refractivity contribution in [2.45, 2.75) is 29.1 Å². The van der Waals surface area contributed by atoms with Crippen LogP contribution in [0.3, 0.4) is 0 Å². The molecule has 134 valence electrons. The second-order valence-corrected chi connectivity index (χ2v) is 6.41. The molecule has 2 aromatic rings. The number of hydrogen-bond acceptors (Lipinski definition) is 3. The maximum atomic E-state index is 13.9. The summed E-state index contributed by atoms with van der Waals surface area (Å²) >= 11 is 0.0260. The summed E-state index contributed by atoms with van der Waals surface area (Å²) < 4.78 is 84.7. The number of aliphatic hydroxyl groups is 1. The van der Waals surface area contributed by atoms with E-state index in [2.05, 4.69) is 0 Å². The molecule has 0 fully saturated rings. The van der Waals surface area contributed by atoms with E-state index in [0.29, 0.717) is 6.07 Å². The third-order valence-electron chi connectivity index (χ3n) is 3.64. The summed E-state index contributed by atoms with van der Waals surface area (Å²) in [6, 6.07) is 4.56. The lowest BCUT2D eigenvalue weighted by atomic mass is 10.1. The molecule has 25 heavy (non-hydrogen) atoms. The summed E-state index contributed by atoms with van der Waals surface area (Å²) in [6.45, 7) is 0. The fourth-order valence-electron chi connectivity index (χ4n) is 2.66. The minimum atomic E-state index is -3.56. The molecule has 9 heteroatoms. The number of benzene rings is 2. The molecule has 0 radical (unpaired) electrons. The summed E-state index contributed by atoms with van der Waals surface area (Å²) in [6.07, 6.45) is -3.20. The molecule has 2 aromatic carbocycles. The van der Waals surface area contributed by atoms with Crippen LogP contribution in [0.4, 0.5) is 26.3 Å². The number of hydrogen-bond donors (Lipinski definition) is 1. The van der Waals surface area contributed by atoms with Gasteiger partial charge in [0.1, 0.15) is 29.2 Å². The molecular formula is C16H10F6O2S. The van der Waals surface area contributed by atoms with Gasteiger partial charge in [0.2, 0.25) is 0 Å². The quantitative estimate of drug-likeness (QED) is 0.577. The van der Waals surface area contributed by atoms with E-state index in [1.807, 2.05) is 0 Å². The van der Waals surface area contributed by atoms with Crippen molar-refractivity contribution < 1.29 is 36.2 Å². The fourth-order valence-corrected chi connectivity index (χ4v) is 3.36. The molecular weight excluding hydrogens is 370 g/mol. The maximum Gasteiger partial charge on any atom is 0.288 e. The molecule has 3 rings (SSSR count). The van der Waals surface area contributed by atoms with Gasteiger partial charge in [-0.15, -0.1) is 0 Å². The summed E-state index contributed by atoms with van der Waals surface area (Å²) in [5.41, 5.74) is -0.530. The summed E-state index contributed by atoms with van der Waals surface area (Å²) in [5, 5.41) is 9.80. The first-order valence-electron chi connectivity index (χ1n) is 6.98. The molecule has 1 aliphatic rings. The molecule has 0 aromatic heterocycles. The molecule has 0 spiro atoms. The van der Waals surface area contributed by atoms with Gasteiger partial charge in [-0.25, -0.2) is 17.6 Å². The third kappa shape index (κ3) is 3.57. The lowest BCUT2D eigenvalue weighted by molar-refractivity contribution is -0.0976. The third-order valence-corrected chi connectivity index (χ3v) is 4.43. The second kappa shape index (κ2) is 6.45. The SMILES string of the molecule is O[C@H]1c2c(SC(F)F)ccc(Oc3cc(F)cc(F)c3)c2CC1(F)F. The average Bonchev–Trinajstić information content (AvgIpc) is 2.71. The molecule has 0 amide bonds. The lowest BCUT2D eigenvalue weighted by Gasteiger charge is -2.16. The largest absolute Gasteiger partial charge is 0.457 e. The van der Waals surface area contributed by atoms with Crippen molar-refractivity contribution in [2.75, 3.05) is 0 Å². The highest BCUT2D eigenvalue weighted by molar-refractivity contribution is 7.99. The van der Waals surface area contributed by atoms with Crippen molar-refractivity contribution in [3.05, 3.63) is 53.1 Å². The summed E-state index contributed by atoms with van der Waals surface area (Å²) in [4.78, 5) is -0.201. The van der Waals surface area contributed by atoms with Crippen LogP contribution in [0.25, 0.3) is 0 Å². The molecule has 0 saturated heterocycles. The Morgan fingerprint density at radius 1 is 1.12 bits per heavy atom. The zero-order valence-corrected chi connectivity index (χ0v) is 13.1. The van der Waals surface area contributed by atoms with Crippen LogP contribution >= 0.6 is 11.8 Å². The number of alkyl halides is 4. The first-order chi connectivity index (χ1) is 11.7. The topological polar surface area (TPSA) is 29.5 Å². The van der Waals surface area contributed by atoms with Crippen molar-refractivity contribution >= 4 is 11.8 Å². The Kier molecular flexibility index (Phi) is 4.63. The first kappa shape index (κ1) is 17.9. The van der Waals surface area contributed by atoms with Crippen LogP contribution in [0.1, 0.15) is 17.2 Å². The fraction of sp³-hybridized carbons (Fsp3) is 0.250. The molecule has 0 unspecified atom stereocenters. The van der Waals surface area contributed by atoms with Gasteiger partial charge in [0.25, 0.3) is 11.7 Å². The van der Waals surface area contributed by atoms with Gasteiger partial charge in [0.05, 0.1) is 0 Å². The van der Waals surface area contributed by atoms with Gasteiger partial charge < -0.3 is 9.84 Å². The van der Waals surface area contributed by atoms with Gasteiger partial charge in [-0.3, -0.25) is 0 Å². The lowest BCUT2D eigenvalue weighted by Crippen LogP contribution is -2.21. The Morgan fingerprint density at radius 3 is 2.36 bits per heavy atom. The number of thioether (sulfide) groups is 1. The van der Waals surface area contributed by atoms with Crippen LogP contribution in [0.15, 0.2) is 35.2 Å². The number of ether oxygens (including phenoxy) is 1. The average molecular weight is 380 g/mol. The van der Waals surface area contributed by atoms with Crippen LogP contribution < -0.4 is 4.74 Å². The van der Waals surface area contributed by atoms with Crippen molar-refractivity contribution in [3.63, 3.8) is 0 Å². The van der Waals surface area contributed by atoms with Gasteiger partial charge in [0.15, 0.2) is 0 Å². The first-order valence-corrected chi connectivity index (χ1v) is 7.86. The molecule has 2 nitrogen and oxygen atoms in total. The highest BCUT2D eigenvalue weighted by Crippen LogP contribution is 2.51. The van der Waals surface area contributed by atoms with E-state index < -0.39 is 35.8 Å². The predicted octanol–water partition coefficient (Wildman–Crippen LogP) is 5.30. The van der Waals surface area contributed by atoms with Crippen molar-refractivity contribution in [3.8, 4) is 11.5 Å². The molecule has 0 aliphatic heterocycles. The standard InChI is InChI=1S/C16H10F6O2S/c17-7-3-8(18)5-9(4-7)24-11-1-2-12(25-15(19)20)13-10(11)6-16(21,22)14(13)23/h1-5,14-15,23H,6H2/t14-/m0/s1. The van der Waals surface area contributed by atoms with Crippen molar-refractivity contribution in [1.29, 1.82) is 0 Å². The summed E-state index contributed by atoms with van der Waals surface area (Å²) in [5.74, 6) is -8.75. The minimum Gasteiger partial charge on any atom is -0.457 e. The molecule has 1 aliphatic carbocycles. The van der Waals surface area contributed by atoms with Crippen molar-refractivity contribution in [2.24, 2.45) is 0 Å². The number of rotatable bonds is 4. The van der Waals surface area contributed by atoms with Gasteiger partial charge in [0, 0.05) is 40.6 Å². The highest BCUT2D eigenvalue weighted by Gasteiger charge is 2.49. The smallest absolute Gasteiger partial charge is 0.288 e. The van der Waals surface area contributed by atoms with Gasteiger partial charge in [-0.1, -0.05) is 11.8 Å². The monoisotopic (exact) mass is 380 g/mol. The molecule has 1 N–H and O–H groups in total. The number of halogens is 6. The second-order valence-electron chi connectivity index (χ2n) is 5.38. The number of aliphatic hydroxyl groups excluding tert-OH is 1. The zero-order valence-electron chi connectivity index (χ0n) is 12.3. The van der Waals surface area contributed by atoms with Crippen LogP contribution in [0.2, 0.25) is 0 Å². The Balaban J connectivity index is 2.05. The van der Waals surface area contributed by atoms with E-state index in [1.54, 1.807) is 0 Å². The van der Waals surface area contributed by atoms with Crippen molar-refractivity contribution in [1.82, 2.24) is 0 Å². The normalized spacial score (nSPS) is 18.5. The molecule has 0 heterocycles. The number of fused-ring (bicyclic) bond motifs is 1. The Morgan fingerprint density at radius 2 is 1.76 bits per heavy atom.